The Kier molecular flexibility index (Phi) is 14.1. The number of unbranched alkanes of at least 4 members (excludes halogenated alkanes) is 1. The van der Waals surface area contributed by atoms with Crippen LogP contribution in [0.4, 0.5) is 21.8 Å². The van der Waals surface area contributed by atoms with Gasteiger partial charge in [-0.25, -0.2) is 9.37 Å². The third kappa shape index (κ3) is 11.8. The zero-order chi connectivity index (χ0) is 29.3. The monoisotopic (exact) mass is 553 g/mol. The summed E-state index contributed by atoms with van der Waals surface area (Å²) in [4.78, 5) is 36.9. The lowest BCUT2D eigenvalue weighted by Gasteiger charge is -2.23. The molecular formula is C29H40FN7O3. The molecule has 0 aliphatic rings. The van der Waals surface area contributed by atoms with Crippen molar-refractivity contribution in [3.8, 4) is 11.8 Å². The van der Waals surface area contributed by atoms with Crippen molar-refractivity contribution in [2.75, 3.05) is 65.1 Å². The van der Waals surface area contributed by atoms with E-state index < -0.39 is 6.04 Å². The van der Waals surface area contributed by atoms with Crippen LogP contribution < -0.4 is 16.0 Å². The van der Waals surface area contributed by atoms with E-state index in [1.165, 1.54) is 23.1 Å². The third-order valence-corrected chi connectivity index (χ3v) is 5.75. The number of ether oxygens (including phenoxy) is 1. The van der Waals surface area contributed by atoms with E-state index in [1.54, 1.807) is 45.5 Å². The molecule has 1 atom stereocenters. The Morgan fingerprint density at radius 1 is 1.15 bits per heavy atom. The number of likely N-dealkylation sites (N-methyl/N-ethyl adjacent to an activating group) is 2. The van der Waals surface area contributed by atoms with Gasteiger partial charge in [-0.2, -0.15) is 4.98 Å². The highest BCUT2D eigenvalue weighted by atomic mass is 19.1. The molecule has 2 amide bonds. The van der Waals surface area contributed by atoms with Gasteiger partial charge in [0.2, 0.25) is 17.8 Å². The first-order valence-corrected chi connectivity index (χ1v) is 13.2. The number of nitrogens with one attached hydrogen (secondary N) is 3. The molecule has 0 saturated carbocycles. The van der Waals surface area contributed by atoms with E-state index >= 15 is 0 Å². The van der Waals surface area contributed by atoms with Gasteiger partial charge in [-0.1, -0.05) is 17.9 Å². The first kappa shape index (κ1) is 32.2. The Labute approximate surface area is 236 Å². The summed E-state index contributed by atoms with van der Waals surface area (Å²) in [5.74, 6) is 6.39. The van der Waals surface area contributed by atoms with Gasteiger partial charge in [0.05, 0.1) is 11.8 Å². The number of halogens is 1. The lowest BCUT2D eigenvalue weighted by atomic mass is 10.2. The van der Waals surface area contributed by atoms with Crippen LogP contribution in [0.2, 0.25) is 0 Å². The van der Waals surface area contributed by atoms with Crippen LogP contribution in [-0.4, -0.2) is 92.1 Å². The van der Waals surface area contributed by atoms with Gasteiger partial charge in [-0.05, 0) is 58.1 Å². The summed E-state index contributed by atoms with van der Waals surface area (Å²) in [6.07, 6.45) is 6.87. The fraction of sp³-hybridized carbons (Fsp3) is 0.448. The van der Waals surface area contributed by atoms with Gasteiger partial charge in [0.15, 0.2) is 0 Å². The molecule has 0 fully saturated rings. The molecule has 1 heterocycles. The molecule has 216 valence electrons. The van der Waals surface area contributed by atoms with Gasteiger partial charge in [0.25, 0.3) is 0 Å². The molecule has 2 rings (SSSR count). The maximum absolute atomic E-state index is 13.2. The molecule has 0 aliphatic heterocycles. The van der Waals surface area contributed by atoms with Crippen molar-refractivity contribution in [3.05, 3.63) is 54.0 Å². The molecule has 1 aromatic heterocycles. The van der Waals surface area contributed by atoms with Crippen LogP contribution in [0, 0.1) is 17.7 Å². The van der Waals surface area contributed by atoms with Crippen molar-refractivity contribution in [2.24, 2.45) is 0 Å². The van der Waals surface area contributed by atoms with Crippen LogP contribution in [-0.2, 0) is 14.3 Å². The second-order valence-corrected chi connectivity index (χ2v) is 9.35. The van der Waals surface area contributed by atoms with Crippen molar-refractivity contribution in [2.45, 2.75) is 32.2 Å². The average Bonchev–Trinajstić information content (AvgIpc) is 2.93. The largest absolute Gasteiger partial charge is 0.385 e. The summed E-state index contributed by atoms with van der Waals surface area (Å²) in [6, 6.07) is 5.35. The summed E-state index contributed by atoms with van der Waals surface area (Å²) >= 11 is 0. The van der Waals surface area contributed by atoms with E-state index in [1.807, 2.05) is 19.0 Å². The maximum Gasteiger partial charge on any atom is 0.246 e. The van der Waals surface area contributed by atoms with Crippen molar-refractivity contribution < 1.29 is 18.7 Å². The molecule has 1 aromatic carbocycles. The van der Waals surface area contributed by atoms with E-state index in [0.717, 1.165) is 6.42 Å². The quantitative estimate of drug-likeness (QED) is 0.175. The zero-order valence-electron chi connectivity index (χ0n) is 24.0. The van der Waals surface area contributed by atoms with Crippen molar-refractivity contribution in [1.29, 1.82) is 0 Å². The number of rotatable bonds is 15. The molecule has 0 unspecified atom stereocenters. The first-order chi connectivity index (χ1) is 19.2. The maximum atomic E-state index is 13.2. The van der Waals surface area contributed by atoms with E-state index in [2.05, 4.69) is 37.8 Å². The topological polar surface area (TPSA) is 112 Å². The van der Waals surface area contributed by atoms with Crippen molar-refractivity contribution >= 4 is 29.3 Å². The highest BCUT2D eigenvalue weighted by Gasteiger charge is 2.20. The Hall–Kier alpha value is -4.01. The number of anilines is 3. The fourth-order valence-corrected chi connectivity index (χ4v) is 3.30. The minimum atomic E-state index is -0.589. The molecule has 0 saturated heterocycles. The SMILES string of the molecule is COCCCNc1nc(Nc2ccc(F)cc2)ncc1C#CCCCNC(=O)[C@H](C)N(C)C(=O)C=CCN(C)C. The number of hydrogen-bond acceptors (Lipinski definition) is 8. The molecule has 40 heavy (non-hydrogen) atoms. The third-order valence-electron chi connectivity index (χ3n) is 5.75. The Morgan fingerprint density at radius 2 is 1.90 bits per heavy atom. The minimum Gasteiger partial charge on any atom is -0.385 e. The number of amides is 2. The molecule has 0 bridgehead atoms. The van der Waals surface area contributed by atoms with Crippen LogP contribution in [0.5, 0.6) is 0 Å². The summed E-state index contributed by atoms with van der Waals surface area (Å²) in [6.45, 7) is 4.04. The molecular weight excluding hydrogens is 513 g/mol. The summed E-state index contributed by atoms with van der Waals surface area (Å²) in [5, 5.41) is 9.19. The summed E-state index contributed by atoms with van der Waals surface area (Å²) < 4.78 is 18.3. The van der Waals surface area contributed by atoms with E-state index in [0.29, 0.717) is 62.1 Å². The standard InChI is InChI=1S/C29H40FN7O3/c1-22(37(4)26(38)12-9-19-36(2)3)28(39)32-17-8-6-7-11-23-21-33-29(34-25-15-13-24(30)14-16-25)35-27(23)31-18-10-20-40-5/h9,12-16,21-22H,6,8,10,17-20H2,1-5H3,(H,32,39)(H2,31,33,34,35)/t22-/m0/s1. The molecule has 11 heteroatoms. The number of carbonyl (C=O) groups is 2. The second-order valence-electron chi connectivity index (χ2n) is 9.35. The summed E-state index contributed by atoms with van der Waals surface area (Å²) in [7, 11) is 7.09. The Balaban J connectivity index is 1.90. The lowest BCUT2D eigenvalue weighted by molar-refractivity contribution is -0.135. The predicted molar refractivity (Wildman–Crippen MR) is 156 cm³/mol. The fourth-order valence-electron chi connectivity index (χ4n) is 3.30. The van der Waals surface area contributed by atoms with Crippen LogP contribution in [0.25, 0.3) is 0 Å². The minimum absolute atomic E-state index is 0.218. The number of carbonyl (C=O) groups excluding carboxylic acids is 2. The number of methoxy groups -OCH3 is 1. The predicted octanol–water partition coefficient (Wildman–Crippen LogP) is 3.02. The normalized spacial score (nSPS) is 11.6. The number of aromatic nitrogens is 2. The smallest absolute Gasteiger partial charge is 0.246 e. The van der Waals surface area contributed by atoms with Crippen molar-refractivity contribution in [3.63, 3.8) is 0 Å². The van der Waals surface area contributed by atoms with E-state index in [-0.39, 0.29) is 17.6 Å². The van der Waals surface area contributed by atoms with Crippen LogP contribution in [0.1, 0.15) is 31.7 Å². The van der Waals surface area contributed by atoms with Crippen LogP contribution >= 0.6 is 0 Å². The van der Waals surface area contributed by atoms with Crippen LogP contribution in [0.3, 0.4) is 0 Å². The molecule has 2 aromatic rings. The zero-order valence-corrected chi connectivity index (χ0v) is 24.0. The second kappa shape index (κ2) is 17.6. The molecule has 0 aliphatic carbocycles. The van der Waals surface area contributed by atoms with E-state index in [9.17, 15) is 14.0 Å². The van der Waals surface area contributed by atoms with Gasteiger partial charge in [-0.3, -0.25) is 9.59 Å². The molecule has 3 N–H and O–H groups in total. The highest BCUT2D eigenvalue weighted by Crippen LogP contribution is 2.17. The van der Waals surface area contributed by atoms with Gasteiger partial charge in [0, 0.05) is 58.6 Å². The first-order valence-electron chi connectivity index (χ1n) is 13.2. The van der Waals surface area contributed by atoms with Gasteiger partial charge in [-0.15, -0.1) is 0 Å². The Morgan fingerprint density at radius 3 is 2.60 bits per heavy atom. The lowest BCUT2D eigenvalue weighted by Crippen LogP contribution is -2.45. The van der Waals surface area contributed by atoms with Gasteiger partial charge in [0.1, 0.15) is 17.7 Å². The Bertz CT molecular complexity index is 1180. The van der Waals surface area contributed by atoms with Gasteiger partial charge < -0.3 is 30.5 Å². The van der Waals surface area contributed by atoms with Crippen LogP contribution in [0.15, 0.2) is 42.6 Å². The van der Waals surface area contributed by atoms with Gasteiger partial charge >= 0.3 is 0 Å². The number of benzene rings is 1. The number of hydrogen-bond donors (Lipinski definition) is 3. The molecule has 10 nitrogen and oxygen atoms in total. The molecule has 0 spiro atoms. The highest BCUT2D eigenvalue weighted by molar-refractivity contribution is 5.92. The average molecular weight is 554 g/mol. The number of nitrogens with zero attached hydrogens (tertiary/aromatic N) is 4. The summed E-state index contributed by atoms with van der Waals surface area (Å²) in [5.41, 5.74) is 1.31. The van der Waals surface area contributed by atoms with Crippen molar-refractivity contribution in [1.82, 2.24) is 25.1 Å². The van der Waals surface area contributed by atoms with E-state index in [4.69, 9.17) is 4.74 Å². The molecule has 0 radical (unpaired) electrons.